The summed E-state index contributed by atoms with van der Waals surface area (Å²) in [4.78, 5) is 10.3. The summed E-state index contributed by atoms with van der Waals surface area (Å²) in [5, 5.41) is 0. The van der Waals surface area contributed by atoms with E-state index in [0.29, 0.717) is 6.07 Å². The SMILES string of the molecule is CCOC(=O)c1cc(C(F)(F)C(F)(F)F)sc1C(Br)Br. The highest BCUT2D eigenvalue weighted by molar-refractivity contribution is 9.24. The van der Waals surface area contributed by atoms with E-state index in [4.69, 9.17) is 0 Å². The molecule has 0 bridgehead atoms. The second-order valence-electron chi connectivity index (χ2n) is 3.48. The molecule has 10 heteroatoms. The first-order valence-corrected chi connectivity index (χ1v) is 7.71. The molecule has 0 fully saturated rings. The Balaban J connectivity index is 3.33. The molecule has 2 nitrogen and oxygen atoms in total. The van der Waals surface area contributed by atoms with Gasteiger partial charge in [0.2, 0.25) is 0 Å². The summed E-state index contributed by atoms with van der Waals surface area (Å²) >= 11 is 6.14. The van der Waals surface area contributed by atoms with Gasteiger partial charge in [-0.15, -0.1) is 11.3 Å². The van der Waals surface area contributed by atoms with E-state index >= 15 is 0 Å². The molecule has 1 aromatic rings. The quantitative estimate of drug-likeness (QED) is 0.354. The fraction of sp³-hybridized carbons (Fsp3) is 0.500. The molecular weight excluding hydrogens is 439 g/mol. The summed E-state index contributed by atoms with van der Waals surface area (Å²) in [6, 6.07) is 0.515. The Morgan fingerprint density at radius 1 is 1.35 bits per heavy atom. The fourth-order valence-electron chi connectivity index (χ4n) is 1.23. The van der Waals surface area contributed by atoms with Crippen LogP contribution in [0.15, 0.2) is 6.07 Å². The van der Waals surface area contributed by atoms with Crippen LogP contribution < -0.4 is 0 Å². The van der Waals surface area contributed by atoms with E-state index in [0.717, 1.165) is 0 Å². The van der Waals surface area contributed by atoms with Crippen molar-refractivity contribution in [3.05, 3.63) is 21.4 Å². The molecule has 0 aliphatic heterocycles. The molecule has 1 aromatic heterocycles. The molecule has 0 aliphatic carbocycles. The average Bonchev–Trinajstić information content (AvgIpc) is 2.72. The van der Waals surface area contributed by atoms with Crippen molar-refractivity contribution >= 4 is 49.2 Å². The van der Waals surface area contributed by atoms with Crippen LogP contribution in [0.1, 0.15) is 30.8 Å². The van der Waals surface area contributed by atoms with E-state index in [1.807, 2.05) is 0 Å². The maximum absolute atomic E-state index is 13.3. The number of hydrogen-bond acceptors (Lipinski definition) is 3. The highest BCUT2D eigenvalue weighted by atomic mass is 79.9. The number of rotatable bonds is 4. The first-order valence-electron chi connectivity index (χ1n) is 5.06. The predicted octanol–water partition coefficient (Wildman–Crippen LogP) is 5.37. The average molecular weight is 446 g/mol. The van der Waals surface area contributed by atoms with Gasteiger partial charge in [-0.05, 0) is 13.0 Å². The summed E-state index contributed by atoms with van der Waals surface area (Å²) in [5.74, 6) is -5.97. The van der Waals surface area contributed by atoms with Crippen molar-refractivity contribution in [2.45, 2.75) is 22.8 Å². The molecule has 114 valence electrons. The molecule has 0 radical (unpaired) electrons. The van der Waals surface area contributed by atoms with Gasteiger partial charge in [0.05, 0.1) is 17.0 Å². The lowest BCUT2D eigenvalue weighted by Crippen LogP contribution is -2.32. The lowest BCUT2D eigenvalue weighted by Gasteiger charge is -2.17. The fourth-order valence-corrected chi connectivity index (χ4v) is 3.28. The first kappa shape index (κ1) is 17.8. The van der Waals surface area contributed by atoms with Crippen molar-refractivity contribution in [3.8, 4) is 0 Å². The smallest absolute Gasteiger partial charge is 0.458 e. The Labute approximate surface area is 131 Å². The van der Waals surface area contributed by atoms with E-state index < -0.39 is 26.7 Å². The third-order valence-electron chi connectivity index (χ3n) is 2.12. The van der Waals surface area contributed by atoms with Gasteiger partial charge < -0.3 is 4.74 Å². The minimum Gasteiger partial charge on any atom is -0.462 e. The Morgan fingerprint density at radius 3 is 2.30 bits per heavy atom. The summed E-state index contributed by atoms with van der Waals surface area (Å²) in [5.41, 5.74) is -0.325. The van der Waals surface area contributed by atoms with Crippen LogP contribution in [0.2, 0.25) is 0 Å². The molecule has 0 atom stereocenters. The highest BCUT2D eigenvalue weighted by Gasteiger charge is 2.60. The van der Waals surface area contributed by atoms with Gasteiger partial charge in [-0.3, -0.25) is 0 Å². The lowest BCUT2D eigenvalue weighted by molar-refractivity contribution is -0.287. The van der Waals surface area contributed by atoms with Gasteiger partial charge in [0.15, 0.2) is 0 Å². The number of halogens is 7. The molecule has 0 N–H and O–H groups in total. The monoisotopic (exact) mass is 444 g/mol. The van der Waals surface area contributed by atoms with Gasteiger partial charge in [-0.2, -0.15) is 22.0 Å². The van der Waals surface area contributed by atoms with Gasteiger partial charge >= 0.3 is 18.1 Å². The van der Waals surface area contributed by atoms with Crippen molar-refractivity contribution in [2.75, 3.05) is 6.61 Å². The van der Waals surface area contributed by atoms with E-state index in [9.17, 15) is 26.7 Å². The topological polar surface area (TPSA) is 26.3 Å². The summed E-state index contributed by atoms with van der Waals surface area (Å²) in [7, 11) is 0. The van der Waals surface area contributed by atoms with E-state index in [1.165, 1.54) is 6.92 Å². The molecule has 1 heterocycles. The molecule has 0 unspecified atom stereocenters. The van der Waals surface area contributed by atoms with Crippen LogP contribution in [0, 0.1) is 0 Å². The van der Waals surface area contributed by atoms with Gasteiger partial charge in [-0.1, -0.05) is 31.9 Å². The van der Waals surface area contributed by atoms with Gasteiger partial charge in [-0.25, -0.2) is 4.79 Å². The minimum atomic E-state index is -5.73. The van der Waals surface area contributed by atoms with E-state index in [2.05, 4.69) is 36.6 Å². The van der Waals surface area contributed by atoms with Crippen LogP contribution in [0.4, 0.5) is 22.0 Å². The van der Waals surface area contributed by atoms with Crippen molar-refractivity contribution in [1.82, 2.24) is 0 Å². The number of alkyl halides is 7. The molecule has 1 rings (SSSR count). The first-order chi connectivity index (χ1) is 9.02. The molecule has 20 heavy (non-hydrogen) atoms. The Morgan fingerprint density at radius 2 is 1.90 bits per heavy atom. The molecule has 0 saturated carbocycles. The van der Waals surface area contributed by atoms with Crippen LogP contribution in [-0.2, 0) is 10.7 Å². The van der Waals surface area contributed by atoms with Gasteiger partial charge in [0, 0.05) is 4.88 Å². The van der Waals surface area contributed by atoms with E-state index in [1.54, 1.807) is 0 Å². The summed E-state index contributed by atoms with van der Waals surface area (Å²) < 4.78 is 67.4. The predicted molar refractivity (Wildman–Crippen MR) is 70.8 cm³/mol. The van der Waals surface area contributed by atoms with Crippen molar-refractivity contribution < 1.29 is 31.5 Å². The summed E-state index contributed by atoms with van der Waals surface area (Å²) in [6.45, 7) is 1.48. The van der Waals surface area contributed by atoms with E-state index in [-0.39, 0.29) is 28.4 Å². The molecular formula is C10H7Br2F5O2S. The van der Waals surface area contributed by atoms with Crippen molar-refractivity contribution in [3.63, 3.8) is 0 Å². The highest BCUT2D eigenvalue weighted by Crippen LogP contribution is 2.49. The lowest BCUT2D eigenvalue weighted by atomic mass is 10.2. The van der Waals surface area contributed by atoms with Crippen LogP contribution in [0.3, 0.4) is 0 Å². The normalized spacial score (nSPS) is 12.8. The molecule has 0 aromatic carbocycles. The summed E-state index contributed by atoms with van der Waals surface area (Å²) in [6.07, 6.45) is -5.73. The Kier molecular flexibility index (Phi) is 5.59. The van der Waals surface area contributed by atoms with Crippen LogP contribution in [0.25, 0.3) is 0 Å². The number of esters is 1. The maximum Gasteiger partial charge on any atom is 0.458 e. The van der Waals surface area contributed by atoms with Crippen LogP contribution >= 0.6 is 43.2 Å². The van der Waals surface area contributed by atoms with Crippen molar-refractivity contribution in [2.24, 2.45) is 0 Å². The number of carbonyl (C=O) groups is 1. The van der Waals surface area contributed by atoms with Crippen LogP contribution in [-0.4, -0.2) is 18.8 Å². The van der Waals surface area contributed by atoms with Gasteiger partial charge in [0.1, 0.15) is 3.74 Å². The zero-order chi connectivity index (χ0) is 15.7. The van der Waals surface area contributed by atoms with Crippen molar-refractivity contribution in [1.29, 1.82) is 0 Å². The Bertz CT molecular complexity index is 498. The number of thiophene rings is 1. The second-order valence-corrected chi connectivity index (χ2v) is 7.63. The standard InChI is InChI=1S/C10H7Br2F5O2S/c1-2-19-8(18)4-3-5(20-6(4)7(11)12)9(13,14)10(15,16)17/h3,7H,2H2,1H3. The number of carbonyl (C=O) groups excluding carboxylic acids is 1. The third-order valence-corrected chi connectivity index (χ3v) is 4.91. The van der Waals surface area contributed by atoms with Crippen LogP contribution in [0.5, 0.6) is 0 Å². The largest absolute Gasteiger partial charge is 0.462 e. The second kappa shape index (κ2) is 6.27. The number of ether oxygens (including phenoxy) is 1. The molecule has 0 spiro atoms. The zero-order valence-corrected chi connectivity index (χ0v) is 13.7. The third kappa shape index (κ3) is 3.51. The minimum absolute atomic E-state index is 0.0117. The number of hydrogen-bond donors (Lipinski definition) is 0. The molecule has 0 aliphatic rings. The Hall–Kier alpha value is -0.220. The maximum atomic E-state index is 13.3. The molecule has 0 amide bonds. The molecule has 0 saturated heterocycles. The van der Waals surface area contributed by atoms with Gasteiger partial charge in [0.25, 0.3) is 0 Å². The zero-order valence-electron chi connectivity index (χ0n) is 9.73.